The van der Waals surface area contributed by atoms with E-state index in [0.29, 0.717) is 18.7 Å². The first-order chi connectivity index (χ1) is 12.7. The first kappa shape index (κ1) is 17.9. The number of methoxy groups -OCH3 is 1. The van der Waals surface area contributed by atoms with Crippen LogP contribution in [0.2, 0.25) is 0 Å². The zero-order valence-electron chi connectivity index (χ0n) is 14.9. The Bertz CT molecular complexity index is 792. The number of nitrogens with zero attached hydrogens (tertiary/aromatic N) is 2. The molecular formula is C19H22N4O3. The van der Waals surface area contributed by atoms with Gasteiger partial charge in [0.1, 0.15) is 11.4 Å². The van der Waals surface area contributed by atoms with Crippen LogP contribution >= 0.6 is 0 Å². The van der Waals surface area contributed by atoms with Crippen LogP contribution in [0.5, 0.6) is 5.75 Å². The van der Waals surface area contributed by atoms with Crippen molar-refractivity contribution in [3.05, 3.63) is 59.4 Å². The Kier molecular flexibility index (Phi) is 5.48. The SMILES string of the molecule is CNC(=O)c1ccc(C(=O)N2CCNCC2c2ccccc2OC)cn1. The average Bonchev–Trinajstić information content (AvgIpc) is 2.72. The quantitative estimate of drug-likeness (QED) is 0.863. The lowest BCUT2D eigenvalue weighted by Crippen LogP contribution is -2.48. The van der Waals surface area contributed by atoms with Crippen LogP contribution in [0.4, 0.5) is 0 Å². The van der Waals surface area contributed by atoms with E-state index in [1.807, 2.05) is 29.2 Å². The van der Waals surface area contributed by atoms with Crippen molar-refractivity contribution < 1.29 is 14.3 Å². The zero-order valence-corrected chi connectivity index (χ0v) is 14.9. The van der Waals surface area contributed by atoms with Gasteiger partial charge in [0.25, 0.3) is 11.8 Å². The monoisotopic (exact) mass is 354 g/mol. The van der Waals surface area contributed by atoms with E-state index < -0.39 is 0 Å². The average molecular weight is 354 g/mol. The van der Waals surface area contributed by atoms with Gasteiger partial charge >= 0.3 is 0 Å². The molecule has 1 atom stereocenters. The molecule has 0 aliphatic carbocycles. The third-order valence-electron chi connectivity index (χ3n) is 4.47. The van der Waals surface area contributed by atoms with Gasteiger partial charge in [0.2, 0.25) is 0 Å². The fourth-order valence-corrected chi connectivity index (χ4v) is 3.12. The van der Waals surface area contributed by atoms with Crippen LogP contribution in [0.1, 0.15) is 32.5 Å². The van der Waals surface area contributed by atoms with Gasteiger partial charge in [-0.1, -0.05) is 18.2 Å². The number of carbonyl (C=O) groups is 2. The van der Waals surface area contributed by atoms with Crippen molar-refractivity contribution >= 4 is 11.8 Å². The smallest absolute Gasteiger partial charge is 0.269 e. The van der Waals surface area contributed by atoms with E-state index in [-0.39, 0.29) is 23.6 Å². The topological polar surface area (TPSA) is 83.6 Å². The summed E-state index contributed by atoms with van der Waals surface area (Å²) in [6, 6.07) is 10.8. The highest BCUT2D eigenvalue weighted by Crippen LogP contribution is 2.31. The molecule has 0 saturated carbocycles. The molecule has 26 heavy (non-hydrogen) atoms. The van der Waals surface area contributed by atoms with Crippen molar-refractivity contribution in [3.63, 3.8) is 0 Å². The third kappa shape index (κ3) is 3.52. The van der Waals surface area contributed by atoms with Gasteiger partial charge in [-0.25, -0.2) is 0 Å². The molecule has 1 saturated heterocycles. The minimum Gasteiger partial charge on any atom is -0.496 e. The van der Waals surface area contributed by atoms with E-state index in [0.717, 1.165) is 17.9 Å². The summed E-state index contributed by atoms with van der Waals surface area (Å²) in [7, 11) is 3.17. The highest BCUT2D eigenvalue weighted by atomic mass is 16.5. The largest absolute Gasteiger partial charge is 0.496 e. The van der Waals surface area contributed by atoms with Crippen molar-refractivity contribution in [3.8, 4) is 5.75 Å². The molecule has 0 spiro atoms. The highest BCUT2D eigenvalue weighted by Gasteiger charge is 2.30. The summed E-state index contributed by atoms with van der Waals surface area (Å²) in [5.74, 6) is 0.364. The molecule has 136 valence electrons. The molecular weight excluding hydrogens is 332 g/mol. The van der Waals surface area contributed by atoms with Gasteiger partial charge in [0, 0.05) is 38.4 Å². The molecule has 1 aromatic carbocycles. The summed E-state index contributed by atoms with van der Waals surface area (Å²) in [5.41, 5.74) is 1.70. The Morgan fingerprint density at radius 2 is 2.08 bits per heavy atom. The Labute approximate surface area is 152 Å². The van der Waals surface area contributed by atoms with Crippen LogP contribution in [-0.2, 0) is 0 Å². The summed E-state index contributed by atoms with van der Waals surface area (Å²) in [6.07, 6.45) is 1.45. The maximum absolute atomic E-state index is 13.1. The molecule has 1 aliphatic heterocycles. The number of hydrogen-bond acceptors (Lipinski definition) is 5. The number of rotatable bonds is 4. The van der Waals surface area contributed by atoms with E-state index in [1.165, 1.54) is 6.20 Å². The Balaban J connectivity index is 1.87. The van der Waals surface area contributed by atoms with Crippen molar-refractivity contribution in [1.29, 1.82) is 0 Å². The fourth-order valence-electron chi connectivity index (χ4n) is 3.12. The minimum atomic E-state index is -0.280. The highest BCUT2D eigenvalue weighted by molar-refractivity contribution is 5.96. The molecule has 1 aliphatic rings. The standard InChI is InChI=1S/C19H22N4O3/c1-20-18(24)15-8-7-13(11-22-15)19(25)23-10-9-21-12-16(23)14-5-3-4-6-17(14)26-2/h3-8,11,16,21H,9-10,12H2,1-2H3,(H,20,24). The molecule has 3 rings (SSSR count). The van der Waals surface area contributed by atoms with Crippen molar-refractivity contribution in [2.75, 3.05) is 33.8 Å². The van der Waals surface area contributed by atoms with Crippen molar-refractivity contribution in [2.24, 2.45) is 0 Å². The normalized spacial score (nSPS) is 16.8. The lowest BCUT2D eigenvalue weighted by molar-refractivity contribution is 0.0630. The van der Waals surface area contributed by atoms with Crippen molar-refractivity contribution in [2.45, 2.75) is 6.04 Å². The number of ether oxygens (including phenoxy) is 1. The second-order valence-corrected chi connectivity index (χ2v) is 5.97. The Morgan fingerprint density at radius 3 is 2.77 bits per heavy atom. The molecule has 7 nitrogen and oxygen atoms in total. The molecule has 0 radical (unpaired) electrons. The van der Waals surface area contributed by atoms with Gasteiger partial charge in [-0.3, -0.25) is 14.6 Å². The van der Waals surface area contributed by atoms with Crippen LogP contribution < -0.4 is 15.4 Å². The number of aromatic nitrogens is 1. The van der Waals surface area contributed by atoms with Crippen LogP contribution in [0.3, 0.4) is 0 Å². The maximum Gasteiger partial charge on any atom is 0.269 e. The summed E-state index contributed by atoms with van der Waals surface area (Å²) in [4.78, 5) is 30.6. The number of hydrogen-bond donors (Lipinski definition) is 2. The van der Waals surface area contributed by atoms with Gasteiger partial charge in [-0.2, -0.15) is 0 Å². The predicted octanol–water partition coefficient (Wildman–Crippen LogP) is 1.24. The molecule has 2 N–H and O–H groups in total. The molecule has 2 amide bonds. The second kappa shape index (κ2) is 7.97. The van der Waals surface area contributed by atoms with E-state index in [1.54, 1.807) is 26.3 Å². The lowest BCUT2D eigenvalue weighted by atomic mass is 10.0. The number of amides is 2. The van der Waals surface area contributed by atoms with Gasteiger partial charge in [0.05, 0.1) is 18.7 Å². The van der Waals surface area contributed by atoms with E-state index in [4.69, 9.17) is 4.74 Å². The minimum absolute atomic E-state index is 0.113. The molecule has 1 aromatic heterocycles. The summed E-state index contributed by atoms with van der Waals surface area (Å²) < 4.78 is 5.46. The van der Waals surface area contributed by atoms with Crippen LogP contribution in [-0.4, -0.2) is 55.5 Å². The second-order valence-electron chi connectivity index (χ2n) is 5.97. The number of benzene rings is 1. The van der Waals surface area contributed by atoms with Crippen LogP contribution in [0.15, 0.2) is 42.6 Å². The third-order valence-corrected chi connectivity index (χ3v) is 4.47. The molecule has 7 heteroatoms. The fraction of sp³-hybridized carbons (Fsp3) is 0.316. The first-order valence-corrected chi connectivity index (χ1v) is 8.48. The van der Waals surface area contributed by atoms with Crippen LogP contribution in [0.25, 0.3) is 0 Å². The number of nitrogens with one attached hydrogen (secondary N) is 2. The molecule has 0 bridgehead atoms. The maximum atomic E-state index is 13.1. The molecule has 1 fully saturated rings. The summed E-state index contributed by atoms with van der Waals surface area (Å²) >= 11 is 0. The van der Waals surface area contributed by atoms with E-state index in [2.05, 4.69) is 15.6 Å². The molecule has 2 aromatic rings. The summed E-state index contributed by atoms with van der Waals surface area (Å²) in [6.45, 7) is 1.95. The lowest BCUT2D eigenvalue weighted by Gasteiger charge is -2.37. The predicted molar refractivity (Wildman–Crippen MR) is 97.3 cm³/mol. The molecule has 1 unspecified atom stereocenters. The number of carbonyl (C=O) groups excluding carboxylic acids is 2. The Morgan fingerprint density at radius 1 is 1.27 bits per heavy atom. The first-order valence-electron chi connectivity index (χ1n) is 8.48. The Hall–Kier alpha value is -2.93. The zero-order chi connectivity index (χ0) is 18.5. The van der Waals surface area contributed by atoms with Gasteiger partial charge in [-0.15, -0.1) is 0 Å². The molecule has 2 heterocycles. The number of para-hydroxylation sites is 1. The van der Waals surface area contributed by atoms with Crippen LogP contribution in [0, 0.1) is 0 Å². The van der Waals surface area contributed by atoms with Gasteiger partial charge in [0.15, 0.2) is 0 Å². The number of piperazine rings is 1. The van der Waals surface area contributed by atoms with Crippen molar-refractivity contribution in [1.82, 2.24) is 20.5 Å². The van der Waals surface area contributed by atoms with Gasteiger partial charge < -0.3 is 20.3 Å². The van der Waals surface area contributed by atoms with E-state index in [9.17, 15) is 9.59 Å². The number of pyridine rings is 1. The summed E-state index contributed by atoms with van der Waals surface area (Å²) in [5, 5.41) is 5.85. The van der Waals surface area contributed by atoms with Gasteiger partial charge in [-0.05, 0) is 18.2 Å². The van der Waals surface area contributed by atoms with E-state index >= 15 is 0 Å².